The van der Waals surface area contributed by atoms with E-state index in [0.717, 1.165) is 38.6 Å². The Labute approximate surface area is 286 Å². The summed E-state index contributed by atoms with van der Waals surface area (Å²) < 4.78 is 120. The minimum absolute atomic E-state index is 0.0107. The molecule has 0 unspecified atom stereocenters. The quantitative estimate of drug-likeness (QED) is 0.179. The van der Waals surface area contributed by atoms with Crippen molar-refractivity contribution in [3.8, 4) is 33.4 Å². The summed E-state index contributed by atoms with van der Waals surface area (Å²) >= 11 is 0. The highest BCUT2D eigenvalue weighted by atomic mass is 16.3. The highest BCUT2D eigenvalue weighted by molar-refractivity contribution is 6.16. The van der Waals surface area contributed by atoms with Crippen LogP contribution in [0.2, 0.25) is 0 Å². The van der Waals surface area contributed by atoms with Gasteiger partial charge in [-0.2, -0.15) is 0 Å². The lowest BCUT2D eigenvalue weighted by molar-refractivity contribution is 0.669. The molecule has 8 aromatic carbocycles. The zero-order valence-corrected chi connectivity index (χ0v) is 24.3. The van der Waals surface area contributed by atoms with Gasteiger partial charge in [0.25, 0.3) is 0 Å². The lowest BCUT2D eigenvalue weighted by Crippen LogP contribution is -1.95. The molecular formula is C45H30O. The van der Waals surface area contributed by atoms with Gasteiger partial charge < -0.3 is 4.42 Å². The smallest absolute Gasteiger partial charge is 0.136 e. The molecule has 1 nitrogen and oxygen atoms in total. The Morgan fingerprint density at radius 1 is 0.457 bits per heavy atom. The van der Waals surface area contributed by atoms with Crippen molar-refractivity contribution in [1.29, 1.82) is 0 Å². The molecule has 46 heavy (non-hydrogen) atoms. The third kappa shape index (κ3) is 4.40. The van der Waals surface area contributed by atoms with Crippen molar-refractivity contribution in [1.82, 2.24) is 0 Å². The van der Waals surface area contributed by atoms with E-state index in [0.29, 0.717) is 11.1 Å². The minimum atomic E-state index is -0.615. The van der Waals surface area contributed by atoms with E-state index in [9.17, 15) is 2.74 Å². The molecule has 0 saturated heterocycles. The van der Waals surface area contributed by atoms with Crippen LogP contribution >= 0.6 is 0 Å². The van der Waals surface area contributed by atoms with Crippen molar-refractivity contribution in [2.75, 3.05) is 0 Å². The van der Waals surface area contributed by atoms with Crippen LogP contribution in [0.15, 0.2) is 174 Å². The predicted octanol–water partition coefficient (Wildman–Crippen LogP) is 12.5. The van der Waals surface area contributed by atoms with E-state index in [4.69, 9.17) is 19.5 Å². The van der Waals surface area contributed by atoms with Gasteiger partial charge >= 0.3 is 0 Å². The molecule has 0 aliphatic carbocycles. The molecule has 216 valence electrons. The first-order chi connectivity index (χ1) is 28.2. The fourth-order valence-electron chi connectivity index (χ4n) is 6.40. The second kappa shape index (κ2) is 10.9. The van der Waals surface area contributed by atoms with Gasteiger partial charge in [0.05, 0.1) is 17.8 Å². The van der Waals surface area contributed by atoms with Crippen molar-refractivity contribution in [2.24, 2.45) is 0 Å². The van der Waals surface area contributed by atoms with Gasteiger partial charge in [0, 0.05) is 10.8 Å². The van der Waals surface area contributed by atoms with Gasteiger partial charge in [0.2, 0.25) is 0 Å². The van der Waals surface area contributed by atoms with E-state index >= 15 is 0 Å². The molecule has 0 aliphatic rings. The number of fused-ring (bicyclic) bond motifs is 5. The lowest BCUT2D eigenvalue weighted by Gasteiger charge is -2.18. The first-order valence-electron chi connectivity index (χ1n) is 21.3. The molecule has 0 atom stereocenters. The first-order valence-corrected chi connectivity index (χ1v) is 14.8. The molecule has 0 aliphatic heterocycles. The Morgan fingerprint density at radius 3 is 1.80 bits per heavy atom. The summed E-state index contributed by atoms with van der Waals surface area (Å²) in [5.41, 5.74) is 5.56. The maximum absolute atomic E-state index is 9.20. The van der Waals surface area contributed by atoms with E-state index in [-0.39, 0.29) is 38.2 Å². The number of rotatable bonds is 5. The van der Waals surface area contributed by atoms with Crippen LogP contribution in [-0.2, 0) is 6.42 Å². The van der Waals surface area contributed by atoms with Crippen LogP contribution in [0.3, 0.4) is 0 Å². The first kappa shape index (κ1) is 16.4. The monoisotopic (exact) mass is 599 g/mol. The summed E-state index contributed by atoms with van der Waals surface area (Å²) in [5.74, 6) is 0. The van der Waals surface area contributed by atoms with Crippen LogP contribution in [-0.4, -0.2) is 0 Å². The fourth-order valence-corrected chi connectivity index (χ4v) is 6.40. The van der Waals surface area contributed by atoms with E-state index < -0.39 is 85.0 Å². The number of furan rings is 1. The third-order valence-corrected chi connectivity index (χ3v) is 8.47. The molecule has 0 N–H and O–H groups in total. The van der Waals surface area contributed by atoms with Gasteiger partial charge in [-0.25, -0.2) is 0 Å². The Hall–Kier alpha value is -5.92. The Kier molecular flexibility index (Phi) is 3.89. The maximum atomic E-state index is 9.20. The second-order valence-electron chi connectivity index (χ2n) is 11.1. The molecule has 0 spiro atoms. The highest BCUT2D eigenvalue weighted by Gasteiger charge is 2.17. The van der Waals surface area contributed by atoms with E-state index in [1.165, 1.54) is 0 Å². The number of hydrogen-bond donors (Lipinski definition) is 0. The van der Waals surface area contributed by atoms with Crippen LogP contribution in [0.25, 0.3) is 76.9 Å². The van der Waals surface area contributed by atoms with Gasteiger partial charge in [-0.3, -0.25) is 0 Å². The lowest BCUT2D eigenvalue weighted by atomic mass is 9.86. The topological polar surface area (TPSA) is 13.1 Å². The van der Waals surface area contributed by atoms with Crippen LogP contribution in [0.4, 0.5) is 0 Å². The van der Waals surface area contributed by atoms with Crippen LogP contribution in [0.5, 0.6) is 0 Å². The molecule has 1 heterocycles. The van der Waals surface area contributed by atoms with Crippen molar-refractivity contribution >= 4 is 43.5 Å². The summed E-state index contributed by atoms with van der Waals surface area (Å²) in [6.07, 6.45) is -0.483. The fraction of sp³-hybridized carbons (Fsp3) is 0.0222. The molecule has 9 rings (SSSR count). The molecule has 1 aromatic heterocycles. The Morgan fingerprint density at radius 2 is 1.09 bits per heavy atom. The third-order valence-electron chi connectivity index (χ3n) is 8.47. The zero-order valence-electron chi connectivity index (χ0n) is 37.3. The SMILES string of the molecule is [2H]c1c([2H])c([2H])c(Cc2c3c([2H])c([2H])c([2H])c([2H])c3c(-c3ccc(-c4ccc5oc6cccc(-c7ccccc7)c6c5c4)cc3)c3c([2H])c([2H])c([2H])c([2H])c23)c([2H])c1[2H]. The minimum Gasteiger partial charge on any atom is -0.456 e. The van der Waals surface area contributed by atoms with Crippen LogP contribution in [0, 0.1) is 0 Å². The number of hydrogen-bond acceptors (Lipinski definition) is 1. The molecule has 0 bridgehead atoms. The molecule has 1 heteroatoms. The van der Waals surface area contributed by atoms with Crippen LogP contribution in [0.1, 0.15) is 28.9 Å². The Bertz CT molecular complexity index is 3160. The van der Waals surface area contributed by atoms with Gasteiger partial charge in [-0.05, 0) is 90.7 Å². The average Bonchev–Trinajstić information content (AvgIpc) is 3.64. The van der Waals surface area contributed by atoms with E-state index in [1.807, 2.05) is 72.8 Å². The normalized spacial score (nSPS) is 15.5. The van der Waals surface area contributed by atoms with Crippen LogP contribution < -0.4 is 0 Å². The molecule has 0 saturated carbocycles. The molecule has 9 aromatic rings. The summed E-state index contributed by atoms with van der Waals surface area (Å²) in [7, 11) is 0. The van der Waals surface area contributed by atoms with E-state index in [1.54, 1.807) is 12.1 Å². The van der Waals surface area contributed by atoms with Crippen molar-refractivity contribution in [2.45, 2.75) is 6.42 Å². The van der Waals surface area contributed by atoms with Gasteiger partial charge in [-0.15, -0.1) is 0 Å². The van der Waals surface area contributed by atoms with Crippen molar-refractivity contribution in [3.05, 3.63) is 181 Å². The van der Waals surface area contributed by atoms with Gasteiger partial charge in [0.15, 0.2) is 0 Å². The summed E-state index contributed by atoms with van der Waals surface area (Å²) in [6, 6.07) is 22.0. The Balaban J connectivity index is 1.31. The van der Waals surface area contributed by atoms with Gasteiger partial charge in [0.1, 0.15) is 11.2 Å². The molecule has 0 amide bonds. The average molecular weight is 600 g/mol. The zero-order chi connectivity index (χ0) is 41.8. The number of benzene rings is 8. The van der Waals surface area contributed by atoms with Crippen molar-refractivity contribution < 1.29 is 22.2 Å². The van der Waals surface area contributed by atoms with E-state index in [2.05, 4.69) is 6.07 Å². The summed E-state index contributed by atoms with van der Waals surface area (Å²) in [4.78, 5) is 0. The largest absolute Gasteiger partial charge is 0.456 e. The standard InChI is InChI=1S/C45H30O/c1-3-12-30(13-4-1)28-40-36-16-7-9-18-38(36)44(39-19-10-8-17-37(39)40)33-24-22-31(23-25-33)34-26-27-42-41(29-34)45-35(20-11-21-43(45)46-42)32-14-5-2-6-15-32/h1-27,29H,28H2/i1D,3D,4D,7D,8D,9D,10D,12D,13D,16D,17D,18D,19D. The summed E-state index contributed by atoms with van der Waals surface area (Å²) in [5, 5.41) is 1.68. The molecule has 0 fully saturated rings. The molecular weight excluding hydrogens is 556 g/mol. The molecule has 0 radical (unpaired) electrons. The highest BCUT2D eigenvalue weighted by Crippen LogP contribution is 2.42. The summed E-state index contributed by atoms with van der Waals surface area (Å²) in [6.45, 7) is 0. The van der Waals surface area contributed by atoms with Crippen molar-refractivity contribution in [3.63, 3.8) is 0 Å². The second-order valence-corrected chi connectivity index (χ2v) is 11.1. The maximum Gasteiger partial charge on any atom is 0.136 e. The predicted molar refractivity (Wildman–Crippen MR) is 194 cm³/mol. The van der Waals surface area contributed by atoms with Gasteiger partial charge in [-0.1, -0.05) is 151 Å².